The van der Waals surface area contributed by atoms with E-state index in [9.17, 15) is 9.59 Å². The minimum absolute atomic E-state index is 0.0715. The number of carbonyl (C=O) groups is 1. The second-order valence-electron chi connectivity index (χ2n) is 5.24. The molecule has 7 heteroatoms. The number of aromatic nitrogens is 3. The van der Waals surface area contributed by atoms with Gasteiger partial charge in [0.2, 0.25) is 0 Å². The van der Waals surface area contributed by atoms with Crippen LogP contribution in [0, 0.1) is 13.8 Å². The molecule has 2 aromatic heterocycles. The van der Waals surface area contributed by atoms with Crippen molar-refractivity contribution in [3.8, 4) is 0 Å². The second kappa shape index (κ2) is 6.29. The Morgan fingerprint density at radius 1 is 1.30 bits per heavy atom. The van der Waals surface area contributed by atoms with Crippen LogP contribution in [0.25, 0.3) is 10.2 Å². The summed E-state index contributed by atoms with van der Waals surface area (Å²) in [5, 5.41) is 2.82. The lowest BCUT2D eigenvalue weighted by molar-refractivity contribution is 0.0952. The summed E-state index contributed by atoms with van der Waals surface area (Å²) in [5.74, 6) is -0.162. The lowest BCUT2D eigenvalue weighted by atomic mass is 10.2. The number of hydrogen-bond acceptors (Lipinski definition) is 5. The van der Waals surface area contributed by atoms with Crippen molar-refractivity contribution in [2.75, 3.05) is 6.54 Å². The zero-order valence-electron chi connectivity index (χ0n) is 12.9. The van der Waals surface area contributed by atoms with Gasteiger partial charge in [-0.1, -0.05) is 0 Å². The van der Waals surface area contributed by atoms with Gasteiger partial charge in [0.15, 0.2) is 0 Å². The van der Waals surface area contributed by atoms with Crippen molar-refractivity contribution < 1.29 is 4.79 Å². The summed E-state index contributed by atoms with van der Waals surface area (Å²) >= 11 is 1.50. The Bertz CT molecular complexity index is 929. The molecular formula is C16H16N4O2S. The van der Waals surface area contributed by atoms with Crippen molar-refractivity contribution in [2.24, 2.45) is 0 Å². The number of carbonyl (C=O) groups excluding carboxylic acids is 1. The SMILES string of the molecule is Cc1ncn(CCNC(=O)c2ccc3ncsc3c2)c(=O)c1C. The number of aryl methyl sites for hydroxylation is 1. The molecule has 23 heavy (non-hydrogen) atoms. The molecule has 118 valence electrons. The number of thiazole rings is 1. The molecule has 0 fully saturated rings. The Labute approximate surface area is 136 Å². The maximum absolute atomic E-state index is 12.2. The molecule has 0 saturated heterocycles. The van der Waals surface area contributed by atoms with E-state index in [1.54, 1.807) is 25.4 Å². The fourth-order valence-corrected chi connectivity index (χ4v) is 2.94. The minimum Gasteiger partial charge on any atom is -0.350 e. The molecule has 0 aliphatic rings. The van der Waals surface area contributed by atoms with E-state index in [0.717, 1.165) is 15.9 Å². The van der Waals surface area contributed by atoms with Crippen LogP contribution in [-0.4, -0.2) is 27.0 Å². The molecule has 2 heterocycles. The van der Waals surface area contributed by atoms with Gasteiger partial charge in [-0.3, -0.25) is 14.2 Å². The van der Waals surface area contributed by atoms with Crippen LogP contribution in [0.1, 0.15) is 21.6 Å². The third-order valence-electron chi connectivity index (χ3n) is 3.75. The summed E-state index contributed by atoms with van der Waals surface area (Å²) in [4.78, 5) is 32.6. The summed E-state index contributed by atoms with van der Waals surface area (Å²) in [6.45, 7) is 4.31. The summed E-state index contributed by atoms with van der Waals surface area (Å²) in [6, 6.07) is 5.41. The fourth-order valence-electron chi connectivity index (χ4n) is 2.22. The highest BCUT2D eigenvalue weighted by Gasteiger charge is 2.08. The van der Waals surface area contributed by atoms with E-state index in [1.807, 2.05) is 12.1 Å². The molecule has 1 amide bonds. The molecular weight excluding hydrogens is 312 g/mol. The van der Waals surface area contributed by atoms with Gasteiger partial charge in [0, 0.05) is 29.9 Å². The van der Waals surface area contributed by atoms with Crippen LogP contribution in [0.2, 0.25) is 0 Å². The number of nitrogens with one attached hydrogen (secondary N) is 1. The van der Waals surface area contributed by atoms with Crippen LogP contribution in [0.5, 0.6) is 0 Å². The van der Waals surface area contributed by atoms with E-state index >= 15 is 0 Å². The lowest BCUT2D eigenvalue weighted by Gasteiger charge is -2.09. The third kappa shape index (κ3) is 3.14. The van der Waals surface area contributed by atoms with Crippen molar-refractivity contribution in [1.29, 1.82) is 0 Å². The molecule has 0 spiro atoms. The van der Waals surface area contributed by atoms with E-state index in [2.05, 4.69) is 15.3 Å². The zero-order chi connectivity index (χ0) is 16.4. The molecule has 1 N–H and O–H groups in total. The molecule has 0 unspecified atom stereocenters. The number of benzene rings is 1. The smallest absolute Gasteiger partial charge is 0.256 e. The highest BCUT2D eigenvalue weighted by molar-refractivity contribution is 7.16. The van der Waals surface area contributed by atoms with Gasteiger partial charge in [0.05, 0.1) is 22.1 Å². The predicted molar refractivity (Wildman–Crippen MR) is 89.9 cm³/mol. The highest BCUT2D eigenvalue weighted by atomic mass is 32.1. The minimum atomic E-state index is -0.162. The van der Waals surface area contributed by atoms with Crippen molar-refractivity contribution in [2.45, 2.75) is 20.4 Å². The van der Waals surface area contributed by atoms with Crippen LogP contribution in [0.3, 0.4) is 0 Å². The van der Waals surface area contributed by atoms with Gasteiger partial charge in [-0.15, -0.1) is 11.3 Å². The van der Waals surface area contributed by atoms with Crippen molar-refractivity contribution in [3.63, 3.8) is 0 Å². The highest BCUT2D eigenvalue weighted by Crippen LogP contribution is 2.18. The van der Waals surface area contributed by atoms with Gasteiger partial charge in [-0.05, 0) is 32.0 Å². The van der Waals surface area contributed by atoms with Crippen LogP contribution in [0.4, 0.5) is 0 Å². The summed E-state index contributed by atoms with van der Waals surface area (Å²) in [5.41, 5.74) is 4.53. The average molecular weight is 328 g/mol. The normalized spacial score (nSPS) is 10.9. The van der Waals surface area contributed by atoms with Crippen LogP contribution in [0.15, 0.2) is 34.8 Å². The van der Waals surface area contributed by atoms with Gasteiger partial charge in [0.1, 0.15) is 0 Å². The average Bonchev–Trinajstić information content (AvgIpc) is 3.02. The van der Waals surface area contributed by atoms with E-state index in [0.29, 0.717) is 24.2 Å². The first-order chi connectivity index (χ1) is 11.1. The Morgan fingerprint density at radius 2 is 2.13 bits per heavy atom. The van der Waals surface area contributed by atoms with Crippen LogP contribution in [-0.2, 0) is 6.54 Å². The zero-order valence-corrected chi connectivity index (χ0v) is 13.7. The molecule has 0 aliphatic carbocycles. The molecule has 3 aromatic rings. The number of hydrogen-bond donors (Lipinski definition) is 1. The summed E-state index contributed by atoms with van der Waals surface area (Å²) < 4.78 is 2.49. The second-order valence-corrected chi connectivity index (χ2v) is 6.13. The van der Waals surface area contributed by atoms with Gasteiger partial charge in [-0.2, -0.15) is 0 Å². The fraction of sp³-hybridized carbons (Fsp3) is 0.250. The monoisotopic (exact) mass is 328 g/mol. The summed E-state index contributed by atoms with van der Waals surface area (Å²) in [7, 11) is 0. The molecule has 0 saturated carbocycles. The lowest BCUT2D eigenvalue weighted by Crippen LogP contribution is -2.32. The topological polar surface area (TPSA) is 76.9 Å². The number of fused-ring (bicyclic) bond motifs is 1. The van der Waals surface area contributed by atoms with Crippen molar-refractivity contribution in [3.05, 3.63) is 57.2 Å². The maximum Gasteiger partial charge on any atom is 0.256 e. The molecule has 0 radical (unpaired) electrons. The largest absolute Gasteiger partial charge is 0.350 e. The Kier molecular flexibility index (Phi) is 4.20. The Hall–Kier alpha value is -2.54. The standard InChI is InChI=1S/C16H16N4O2S/c1-10-11(2)18-8-20(16(10)22)6-5-17-15(21)12-3-4-13-14(7-12)23-9-19-13/h3-4,7-9H,5-6H2,1-2H3,(H,17,21). The first-order valence-electron chi connectivity index (χ1n) is 7.20. The van der Waals surface area contributed by atoms with Gasteiger partial charge in [-0.25, -0.2) is 9.97 Å². The van der Waals surface area contributed by atoms with Gasteiger partial charge in [0.25, 0.3) is 11.5 Å². The first kappa shape index (κ1) is 15.4. The van der Waals surface area contributed by atoms with Crippen molar-refractivity contribution >= 4 is 27.5 Å². The Morgan fingerprint density at radius 3 is 2.96 bits per heavy atom. The van der Waals surface area contributed by atoms with Crippen LogP contribution >= 0.6 is 11.3 Å². The van der Waals surface area contributed by atoms with Crippen molar-refractivity contribution in [1.82, 2.24) is 19.9 Å². The molecule has 3 rings (SSSR count). The maximum atomic E-state index is 12.2. The quantitative estimate of drug-likeness (QED) is 0.793. The van der Waals surface area contributed by atoms with Crippen LogP contribution < -0.4 is 10.9 Å². The van der Waals surface area contributed by atoms with Gasteiger partial charge >= 0.3 is 0 Å². The number of amides is 1. The van der Waals surface area contributed by atoms with Gasteiger partial charge < -0.3 is 5.32 Å². The number of rotatable bonds is 4. The van der Waals surface area contributed by atoms with E-state index < -0.39 is 0 Å². The Balaban J connectivity index is 1.65. The molecule has 0 atom stereocenters. The first-order valence-corrected chi connectivity index (χ1v) is 8.08. The molecule has 0 aliphatic heterocycles. The summed E-state index contributed by atoms with van der Waals surface area (Å²) in [6.07, 6.45) is 1.51. The molecule has 6 nitrogen and oxygen atoms in total. The third-order valence-corrected chi connectivity index (χ3v) is 4.54. The van der Waals surface area contributed by atoms with E-state index in [1.165, 1.54) is 22.2 Å². The number of nitrogens with zero attached hydrogens (tertiary/aromatic N) is 3. The van der Waals surface area contributed by atoms with E-state index in [-0.39, 0.29) is 11.5 Å². The molecule has 1 aromatic carbocycles. The molecule has 0 bridgehead atoms. The van der Waals surface area contributed by atoms with E-state index in [4.69, 9.17) is 0 Å². The predicted octanol–water partition coefficient (Wildman–Crippen LogP) is 1.90.